The second-order valence-corrected chi connectivity index (χ2v) is 5.66. The molecule has 1 atom stereocenters. The molecule has 2 aromatic rings. The van der Waals surface area contributed by atoms with E-state index in [1.165, 1.54) is 10.9 Å². The highest BCUT2D eigenvalue weighted by molar-refractivity contribution is 7.15. The topological polar surface area (TPSA) is 12.0 Å². The van der Waals surface area contributed by atoms with Crippen molar-refractivity contribution >= 4 is 22.9 Å². The van der Waals surface area contributed by atoms with Crippen LogP contribution in [-0.2, 0) is 0 Å². The molecule has 1 unspecified atom stereocenters. The third-order valence-corrected chi connectivity index (χ3v) is 4.29. The van der Waals surface area contributed by atoms with Gasteiger partial charge in [-0.15, -0.1) is 11.3 Å². The number of nitrogens with one attached hydrogen (secondary N) is 1. The summed E-state index contributed by atoms with van der Waals surface area (Å²) >= 11 is 7.51. The molecule has 1 heterocycles. The van der Waals surface area contributed by atoms with Crippen molar-refractivity contribution in [1.82, 2.24) is 5.32 Å². The predicted octanol–water partition coefficient (Wildman–Crippen LogP) is 4.88. The molecule has 1 aromatic carbocycles. The van der Waals surface area contributed by atoms with Crippen LogP contribution in [0.15, 0.2) is 30.3 Å². The summed E-state index contributed by atoms with van der Waals surface area (Å²) in [6.45, 7) is 5.09. The van der Waals surface area contributed by atoms with Crippen molar-refractivity contribution in [2.45, 2.75) is 19.9 Å². The lowest BCUT2D eigenvalue weighted by Gasteiger charge is -2.09. The van der Waals surface area contributed by atoms with Gasteiger partial charge >= 0.3 is 0 Å². The zero-order valence-electron chi connectivity index (χ0n) is 10.3. The summed E-state index contributed by atoms with van der Waals surface area (Å²) in [5.74, 6) is -0.232. The average molecular weight is 284 g/mol. The Balaban J connectivity index is 2.32. The zero-order chi connectivity index (χ0) is 13.1. The van der Waals surface area contributed by atoms with Crippen LogP contribution in [0.2, 0.25) is 5.02 Å². The molecule has 4 heteroatoms. The number of hydrogen-bond donors (Lipinski definition) is 1. The van der Waals surface area contributed by atoms with E-state index in [2.05, 4.69) is 19.2 Å². The van der Waals surface area contributed by atoms with E-state index in [1.54, 1.807) is 23.5 Å². The molecule has 0 bridgehead atoms. The fraction of sp³-hybridized carbons (Fsp3) is 0.286. The molecule has 0 aliphatic heterocycles. The van der Waals surface area contributed by atoms with E-state index < -0.39 is 0 Å². The highest BCUT2D eigenvalue weighted by atomic mass is 35.5. The number of halogens is 2. The van der Waals surface area contributed by atoms with Gasteiger partial charge in [0.05, 0.1) is 0 Å². The fourth-order valence-corrected chi connectivity index (χ4v) is 3.05. The highest BCUT2D eigenvalue weighted by Gasteiger charge is 2.11. The average Bonchev–Trinajstić information content (AvgIpc) is 2.82. The van der Waals surface area contributed by atoms with Gasteiger partial charge in [0, 0.05) is 26.4 Å². The van der Waals surface area contributed by atoms with Crippen molar-refractivity contribution < 1.29 is 4.39 Å². The zero-order valence-corrected chi connectivity index (χ0v) is 11.9. The van der Waals surface area contributed by atoms with Gasteiger partial charge in [-0.05, 0) is 43.8 Å². The minimum Gasteiger partial charge on any atom is -0.310 e. The third kappa shape index (κ3) is 2.91. The monoisotopic (exact) mass is 283 g/mol. The van der Waals surface area contributed by atoms with Crippen molar-refractivity contribution in [1.29, 1.82) is 0 Å². The van der Waals surface area contributed by atoms with E-state index in [0.29, 0.717) is 10.6 Å². The van der Waals surface area contributed by atoms with Crippen molar-refractivity contribution in [2.24, 2.45) is 0 Å². The van der Waals surface area contributed by atoms with Crippen molar-refractivity contribution in [2.75, 3.05) is 6.54 Å². The third-order valence-electron chi connectivity index (χ3n) is 2.76. The van der Waals surface area contributed by atoms with Crippen LogP contribution in [0, 0.1) is 5.82 Å². The predicted molar refractivity (Wildman–Crippen MR) is 76.8 cm³/mol. The van der Waals surface area contributed by atoms with Gasteiger partial charge in [-0.1, -0.05) is 18.5 Å². The van der Waals surface area contributed by atoms with Gasteiger partial charge in [-0.25, -0.2) is 4.39 Å². The van der Waals surface area contributed by atoms with Gasteiger partial charge in [0.2, 0.25) is 0 Å². The summed E-state index contributed by atoms with van der Waals surface area (Å²) in [6, 6.07) is 8.91. The molecule has 0 saturated heterocycles. The molecule has 0 aliphatic rings. The Hall–Kier alpha value is -0.900. The lowest BCUT2D eigenvalue weighted by atomic mass is 10.2. The molecule has 0 spiro atoms. The van der Waals surface area contributed by atoms with Crippen molar-refractivity contribution in [3.63, 3.8) is 0 Å². The van der Waals surface area contributed by atoms with Crippen molar-refractivity contribution in [3.05, 3.63) is 46.0 Å². The smallest absolute Gasteiger partial charge is 0.131 e. The molecular weight excluding hydrogens is 269 g/mol. The molecule has 96 valence electrons. The van der Waals surface area contributed by atoms with Gasteiger partial charge in [-0.2, -0.15) is 0 Å². The first-order chi connectivity index (χ1) is 8.61. The molecule has 0 radical (unpaired) electrons. The number of rotatable bonds is 4. The number of hydrogen-bond acceptors (Lipinski definition) is 2. The second kappa shape index (κ2) is 5.83. The van der Waals surface area contributed by atoms with E-state index in [1.807, 2.05) is 12.1 Å². The van der Waals surface area contributed by atoms with Crippen LogP contribution in [-0.4, -0.2) is 6.54 Å². The first-order valence-corrected chi connectivity index (χ1v) is 7.09. The van der Waals surface area contributed by atoms with E-state index in [0.717, 1.165) is 11.4 Å². The summed E-state index contributed by atoms with van der Waals surface area (Å²) in [5.41, 5.74) is 0.572. The Kier molecular flexibility index (Phi) is 4.38. The van der Waals surface area contributed by atoms with Crippen molar-refractivity contribution in [3.8, 4) is 10.4 Å². The van der Waals surface area contributed by atoms with Crippen LogP contribution in [0.1, 0.15) is 24.8 Å². The summed E-state index contributed by atoms with van der Waals surface area (Å²) in [5, 5.41) is 3.90. The number of benzene rings is 1. The Morgan fingerprint density at radius 3 is 2.83 bits per heavy atom. The molecule has 1 N–H and O–H groups in total. The molecule has 0 saturated carbocycles. The molecule has 18 heavy (non-hydrogen) atoms. The van der Waals surface area contributed by atoms with Crippen LogP contribution in [0.4, 0.5) is 4.39 Å². The molecule has 1 aromatic heterocycles. The Bertz CT molecular complexity index is 538. The van der Waals surface area contributed by atoms with Gasteiger partial charge < -0.3 is 5.32 Å². The molecule has 0 fully saturated rings. The highest BCUT2D eigenvalue weighted by Crippen LogP contribution is 2.34. The van der Waals surface area contributed by atoms with Crippen LogP contribution in [0.25, 0.3) is 10.4 Å². The minimum atomic E-state index is -0.232. The minimum absolute atomic E-state index is 0.232. The SMILES string of the molecule is CCNC(C)c1ccc(-c2cc(Cl)ccc2F)s1. The lowest BCUT2D eigenvalue weighted by molar-refractivity contribution is 0.607. The van der Waals surface area contributed by atoms with Gasteiger partial charge in [-0.3, -0.25) is 0 Å². The maximum Gasteiger partial charge on any atom is 0.131 e. The molecule has 0 aliphatic carbocycles. The largest absolute Gasteiger partial charge is 0.310 e. The van der Waals surface area contributed by atoms with Gasteiger partial charge in [0.1, 0.15) is 5.82 Å². The molecule has 2 rings (SSSR count). The van der Waals surface area contributed by atoms with E-state index in [-0.39, 0.29) is 11.9 Å². The lowest BCUT2D eigenvalue weighted by Crippen LogP contribution is -2.16. The molecular formula is C14H15ClFNS. The van der Waals surface area contributed by atoms with Gasteiger partial charge in [0.25, 0.3) is 0 Å². The summed E-state index contributed by atoms with van der Waals surface area (Å²) in [7, 11) is 0. The van der Waals surface area contributed by atoms with Crippen LogP contribution in [0.5, 0.6) is 0 Å². The maximum absolute atomic E-state index is 13.7. The maximum atomic E-state index is 13.7. The van der Waals surface area contributed by atoms with Gasteiger partial charge in [0.15, 0.2) is 0 Å². The Morgan fingerprint density at radius 1 is 1.33 bits per heavy atom. The Morgan fingerprint density at radius 2 is 2.11 bits per heavy atom. The standard InChI is InChI=1S/C14H15ClFNS/c1-3-17-9(2)13-6-7-14(18-13)11-8-10(15)4-5-12(11)16/h4-9,17H,3H2,1-2H3. The quantitative estimate of drug-likeness (QED) is 0.843. The van der Waals surface area contributed by atoms with Crippen LogP contribution < -0.4 is 5.32 Å². The van der Waals surface area contributed by atoms with E-state index in [9.17, 15) is 4.39 Å². The van der Waals surface area contributed by atoms with E-state index >= 15 is 0 Å². The Labute approximate surface area is 116 Å². The number of thiophene rings is 1. The molecule has 1 nitrogen and oxygen atoms in total. The summed E-state index contributed by atoms with van der Waals surface area (Å²) in [4.78, 5) is 2.11. The van der Waals surface area contributed by atoms with Crippen LogP contribution >= 0.6 is 22.9 Å². The first kappa shape index (κ1) is 13.5. The summed E-state index contributed by atoms with van der Waals surface area (Å²) in [6.07, 6.45) is 0. The molecule has 0 amide bonds. The van der Waals surface area contributed by atoms with Crippen LogP contribution in [0.3, 0.4) is 0 Å². The summed E-state index contributed by atoms with van der Waals surface area (Å²) < 4.78 is 13.7. The second-order valence-electron chi connectivity index (χ2n) is 4.11. The fourth-order valence-electron chi connectivity index (χ4n) is 1.82. The van der Waals surface area contributed by atoms with E-state index in [4.69, 9.17) is 11.6 Å². The normalized spacial score (nSPS) is 12.7. The first-order valence-electron chi connectivity index (χ1n) is 5.90.